The second-order valence-electron chi connectivity index (χ2n) is 15.2. The lowest BCUT2D eigenvalue weighted by molar-refractivity contribution is 0.669. The number of rotatable bonds is 4. The van der Waals surface area contributed by atoms with Crippen molar-refractivity contribution in [2.75, 3.05) is 0 Å². The first-order valence-electron chi connectivity index (χ1n) is 19.8. The second-order valence-corrected chi connectivity index (χ2v) is 15.2. The van der Waals surface area contributed by atoms with E-state index < -0.39 is 0 Å². The fraction of sp³-hybridized carbons (Fsp3) is 0. The standard InChI is InChI=1S/C54H32N2O2/c1-5-25-46-39(17-1)42-29-30-48-51(52(42)56(46)36-16-10-14-34(32-36)38-22-12-24-44-41-19-4-8-28-50(41)58-54(38)44)45-20-2-6-26-47(45)55(48)35-15-9-13-33(31-35)37-21-11-23-43-40-18-3-7-27-49(40)57-53(37)43/h1-32H. The fourth-order valence-electron chi connectivity index (χ4n) is 9.63. The molecule has 4 heterocycles. The van der Waals surface area contributed by atoms with Crippen molar-refractivity contribution in [2.45, 2.75) is 0 Å². The number of aromatic nitrogens is 2. The van der Waals surface area contributed by atoms with Crippen LogP contribution in [0.4, 0.5) is 0 Å². The molecule has 58 heavy (non-hydrogen) atoms. The van der Waals surface area contributed by atoms with Crippen molar-refractivity contribution < 1.29 is 8.83 Å². The molecule has 0 aliphatic heterocycles. The third-order valence-electron chi connectivity index (χ3n) is 12.1. The van der Waals surface area contributed by atoms with Crippen molar-refractivity contribution in [1.82, 2.24) is 9.13 Å². The van der Waals surface area contributed by atoms with Crippen molar-refractivity contribution in [1.29, 1.82) is 0 Å². The number of para-hydroxylation sites is 6. The molecular formula is C54H32N2O2. The summed E-state index contributed by atoms with van der Waals surface area (Å²) in [4.78, 5) is 0. The van der Waals surface area contributed by atoms with E-state index >= 15 is 0 Å². The Bertz CT molecular complexity index is 3820. The van der Waals surface area contributed by atoms with Gasteiger partial charge in [0, 0.05) is 65.6 Å². The van der Waals surface area contributed by atoms with Crippen LogP contribution in [0, 0.1) is 0 Å². The quantitative estimate of drug-likeness (QED) is 0.180. The van der Waals surface area contributed by atoms with Crippen molar-refractivity contribution in [3.8, 4) is 33.6 Å². The van der Waals surface area contributed by atoms with Crippen LogP contribution >= 0.6 is 0 Å². The molecule has 13 rings (SSSR count). The zero-order chi connectivity index (χ0) is 37.9. The zero-order valence-electron chi connectivity index (χ0n) is 31.2. The van der Waals surface area contributed by atoms with Crippen LogP contribution < -0.4 is 0 Å². The van der Waals surface area contributed by atoms with Crippen molar-refractivity contribution in [3.05, 3.63) is 194 Å². The Hall–Kier alpha value is -7.82. The molecule has 13 aromatic rings. The van der Waals surface area contributed by atoms with Gasteiger partial charge in [-0.3, -0.25) is 0 Å². The molecule has 270 valence electrons. The van der Waals surface area contributed by atoms with E-state index in [0.717, 1.165) is 88.5 Å². The topological polar surface area (TPSA) is 36.1 Å². The highest BCUT2D eigenvalue weighted by molar-refractivity contribution is 6.26. The fourth-order valence-corrected chi connectivity index (χ4v) is 9.63. The van der Waals surface area contributed by atoms with Crippen LogP contribution in [0.15, 0.2) is 203 Å². The summed E-state index contributed by atoms with van der Waals surface area (Å²) in [5.74, 6) is 0. The molecule has 0 unspecified atom stereocenters. The van der Waals surface area contributed by atoms with Crippen LogP contribution in [-0.4, -0.2) is 9.13 Å². The van der Waals surface area contributed by atoms with E-state index in [1.54, 1.807) is 0 Å². The molecule has 0 atom stereocenters. The Morgan fingerprint density at radius 1 is 0.310 bits per heavy atom. The maximum atomic E-state index is 6.52. The van der Waals surface area contributed by atoms with Crippen molar-refractivity contribution >= 4 is 87.5 Å². The van der Waals surface area contributed by atoms with E-state index in [0.29, 0.717) is 0 Å². The van der Waals surface area contributed by atoms with Gasteiger partial charge in [0.15, 0.2) is 0 Å². The molecule has 9 aromatic carbocycles. The molecule has 0 fully saturated rings. The van der Waals surface area contributed by atoms with E-state index in [1.165, 1.54) is 32.6 Å². The van der Waals surface area contributed by atoms with Gasteiger partial charge in [-0.25, -0.2) is 0 Å². The highest BCUT2D eigenvalue weighted by Crippen LogP contribution is 2.44. The van der Waals surface area contributed by atoms with Gasteiger partial charge in [0.1, 0.15) is 22.3 Å². The third kappa shape index (κ3) is 4.34. The summed E-state index contributed by atoms with van der Waals surface area (Å²) in [6, 6.07) is 69.5. The van der Waals surface area contributed by atoms with Crippen molar-refractivity contribution in [2.24, 2.45) is 0 Å². The monoisotopic (exact) mass is 740 g/mol. The van der Waals surface area contributed by atoms with Crippen LogP contribution in [0.5, 0.6) is 0 Å². The molecule has 0 bridgehead atoms. The minimum absolute atomic E-state index is 0.902. The molecule has 0 aliphatic carbocycles. The highest BCUT2D eigenvalue weighted by atomic mass is 16.3. The molecule has 0 saturated heterocycles. The maximum Gasteiger partial charge on any atom is 0.143 e. The third-order valence-corrected chi connectivity index (χ3v) is 12.1. The molecule has 0 N–H and O–H groups in total. The summed E-state index contributed by atoms with van der Waals surface area (Å²) in [7, 11) is 0. The van der Waals surface area contributed by atoms with Gasteiger partial charge in [0.25, 0.3) is 0 Å². The predicted molar refractivity (Wildman–Crippen MR) is 241 cm³/mol. The maximum absolute atomic E-state index is 6.52. The second kappa shape index (κ2) is 11.8. The van der Waals surface area contributed by atoms with Gasteiger partial charge < -0.3 is 18.0 Å². The molecule has 4 aromatic heterocycles. The number of hydrogen-bond donors (Lipinski definition) is 0. The Morgan fingerprint density at radius 2 is 0.793 bits per heavy atom. The largest absolute Gasteiger partial charge is 0.455 e. The first-order chi connectivity index (χ1) is 28.8. The van der Waals surface area contributed by atoms with Crippen LogP contribution in [0.1, 0.15) is 0 Å². The van der Waals surface area contributed by atoms with Crippen LogP contribution in [0.25, 0.3) is 121 Å². The lowest BCUT2D eigenvalue weighted by atomic mass is 10.0. The molecule has 0 saturated carbocycles. The molecule has 0 radical (unpaired) electrons. The van der Waals surface area contributed by atoms with Gasteiger partial charge in [0.05, 0.1) is 22.1 Å². The minimum Gasteiger partial charge on any atom is -0.455 e. The summed E-state index contributed by atoms with van der Waals surface area (Å²) >= 11 is 0. The molecular weight excluding hydrogens is 709 g/mol. The molecule has 4 nitrogen and oxygen atoms in total. The first-order valence-corrected chi connectivity index (χ1v) is 19.8. The smallest absolute Gasteiger partial charge is 0.143 e. The summed E-state index contributed by atoms with van der Waals surface area (Å²) in [6.45, 7) is 0. The zero-order valence-corrected chi connectivity index (χ0v) is 31.2. The summed E-state index contributed by atoms with van der Waals surface area (Å²) in [6.07, 6.45) is 0. The Morgan fingerprint density at radius 3 is 1.41 bits per heavy atom. The minimum atomic E-state index is 0.902. The van der Waals surface area contributed by atoms with Gasteiger partial charge in [-0.2, -0.15) is 0 Å². The van der Waals surface area contributed by atoms with Crippen LogP contribution in [0.3, 0.4) is 0 Å². The summed E-state index contributed by atoms with van der Waals surface area (Å²) < 4.78 is 17.9. The van der Waals surface area contributed by atoms with Gasteiger partial charge >= 0.3 is 0 Å². The summed E-state index contributed by atoms with van der Waals surface area (Å²) in [5, 5.41) is 9.40. The van der Waals surface area contributed by atoms with E-state index in [1.807, 2.05) is 24.3 Å². The Labute approximate surface area is 332 Å². The SMILES string of the molecule is c1cc(-c2cccc3c2oc2ccccc23)cc(-n2c3ccccc3c3c2ccc2c4ccccc4n(-c4cccc(-c5cccc6c5oc5ccccc56)c4)c23)c1. The molecule has 4 heteroatoms. The van der Waals surface area contributed by atoms with Gasteiger partial charge in [-0.15, -0.1) is 0 Å². The molecule has 0 aliphatic rings. The van der Waals surface area contributed by atoms with E-state index in [9.17, 15) is 0 Å². The van der Waals surface area contributed by atoms with Crippen LogP contribution in [0.2, 0.25) is 0 Å². The lowest BCUT2D eigenvalue weighted by Gasteiger charge is -2.12. The number of nitrogens with zero attached hydrogens (tertiary/aromatic N) is 2. The number of benzene rings is 9. The summed E-state index contributed by atoms with van der Waals surface area (Å²) in [5.41, 5.74) is 14.9. The average Bonchev–Trinajstić information content (AvgIpc) is 4.04. The van der Waals surface area contributed by atoms with Crippen LogP contribution in [-0.2, 0) is 0 Å². The Kier molecular flexibility index (Phi) is 6.41. The highest BCUT2D eigenvalue weighted by Gasteiger charge is 2.22. The molecule has 0 spiro atoms. The number of hydrogen-bond acceptors (Lipinski definition) is 2. The number of fused-ring (bicyclic) bond motifs is 13. The average molecular weight is 741 g/mol. The first kappa shape index (κ1) is 31.4. The normalized spacial score (nSPS) is 12.1. The Balaban J connectivity index is 1.06. The molecule has 0 amide bonds. The van der Waals surface area contributed by atoms with Crippen molar-refractivity contribution in [3.63, 3.8) is 0 Å². The predicted octanol–water partition coefficient (Wildman–Crippen LogP) is 15.0. The van der Waals surface area contributed by atoms with E-state index in [-0.39, 0.29) is 0 Å². The lowest BCUT2D eigenvalue weighted by Crippen LogP contribution is -1.96. The van der Waals surface area contributed by atoms with E-state index in [2.05, 4.69) is 179 Å². The van der Waals surface area contributed by atoms with E-state index in [4.69, 9.17) is 8.83 Å². The van der Waals surface area contributed by atoms with Gasteiger partial charge in [-0.05, 0) is 65.7 Å². The van der Waals surface area contributed by atoms with Gasteiger partial charge in [0.2, 0.25) is 0 Å². The number of furan rings is 2. The van der Waals surface area contributed by atoms with Gasteiger partial charge in [-0.1, -0.05) is 140 Å².